The summed E-state index contributed by atoms with van der Waals surface area (Å²) < 4.78 is 32.6. The molecule has 0 spiro atoms. The molecule has 0 bridgehead atoms. The molecule has 0 saturated heterocycles. The summed E-state index contributed by atoms with van der Waals surface area (Å²) in [5, 5.41) is 0. The van der Waals surface area contributed by atoms with Crippen molar-refractivity contribution in [2.45, 2.75) is 26.3 Å². The topological polar surface area (TPSA) is 84.7 Å². The number of nitrogens with two attached hydrogens (primary N) is 1. The molecule has 7 heteroatoms. The van der Waals surface area contributed by atoms with Crippen molar-refractivity contribution in [2.24, 2.45) is 5.73 Å². The second kappa shape index (κ2) is 6.51. The monoisotopic (exact) mass is 253 g/mol. The molecule has 0 aromatic carbocycles. The molecule has 0 aliphatic heterocycles. The maximum atomic E-state index is 11.9. The van der Waals surface area contributed by atoms with Crippen molar-refractivity contribution in [1.29, 1.82) is 0 Å². The Hall–Kier alpha value is -0.210. The fourth-order valence-corrected chi connectivity index (χ4v) is 2.70. The van der Waals surface area contributed by atoms with Crippen LogP contribution in [0, 0.1) is 0 Å². The van der Waals surface area contributed by atoms with Crippen LogP contribution in [0.3, 0.4) is 0 Å². The van der Waals surface area contributed by atoms with Crippen molar-refractivity contribution in [3.8, 4) is 0 Å². The zero-order valence-corrected chi connectivity index (χ0v) is 11.3. The van der Waals surface area contributed by atoms with Gasteiger partial charge in [-0.05, 0) is 20.8 Å². The number of methoxy groups -OCH3 is 1. The molecule has 0 radical (unpaired) electrons. The molecule has 0 fully saturated rings. The van der Waals surface area contributed by atoms with Gasteiger partial charge >= 0.3 is 0 Å². The van der Waals surface area contributed by atoms with Gasteiger partial charge in [-0.25, -0.2) is 0 Å². The summed E-state index contributed by atoms with van der Waals surface area (Å²) in [6, 6.07) is 0. The SMILES string of the molecule is COCCN(CCN)S(=O)(=O)NC(C)(C)C. The third-order valence-electron chi connectivity index (χ3n) is 1.70. The van der Waals surface area contributed by atoms with E-state index in [1.54, 1.807) is 20.8 Å². The number of hydrogen-bond donors (Lipinski definition) is 2. The highest BCUT2D eigenvalue weighted by molar-refractivity contribution is 7.87. The van der Waals surface area contributed by atoms with Gasteiger partial charge < -0.3 is 10.5 Å². The van der Waals surface area contributed by atoms with Crippen LogP contribution in [-0.4, -0.2) is 51.6 Å². The van der Waals surface area contributed by atoms with Gasteiger partial charge in [0.25, 0.3) is 10.2 Å². The third kappa shape index (κ3) is 6.39. The van der Waals surface area contributed by atoms with E-state index in [2.05, 4.69) is 4.72 Å². The van der Waals surface area contributed by atoms with E-state index in [0.29, 0.717) is 13.2 Å². The molecule has 0 amide bonds. The lowest BCUT2D eigenvalue weighted by Crippen LogP contribution is -2.50. The molecule has 0 rings (SSSR count). The second-order valence-corrected chi connectivity index (χ2v) is 6.21. The third-order valence-corrected chi connectivity index (χ3v) is 3.61. The average molecular weight is 253 g/mol. The highest BCUT2D eigenvalue weighted by Gasteiger charge is 2.26. The van der Waals surface area contributed by atoms with Crippen LogP contribution in [0.15, 0.2) is 0 Å². The van der Waals surface area contributed by atoms with Gasteiger partial charge in [-0.1, -0.05) is 0 Å². The summed E-state index contributed by atoms with van der Waals surface area (Å²) >= 11 is 0. The van der Waals surface area contributed by atoms with Crippen LogP contribution in [0.1, 0.15) is 20.8 Å². The first kappa shape index (κ1) is 15.8. The predicted molar refractivity (Wildman–Crippen MR) is 64.3 cm³/mol. The lowest BCUT2D eigenvalue weighted by Gasteiger charge is -2.27. The lowest BCUT2D eigenvalue weighted by molar-refractivity contribution is 0.178. The van der Waals surface area contributed by atoms with Crippen molar-refractivity contribution in [3.05, 3.63) is 0 Å². The summed E-state index contributed by atoms with van der Waals surface area (Å²) in [6.07, 6.45) is 0. The zero-order valence-electron chi connectivity index (χ0n) is 10.5. The Balaban J connectivity index is 4.62. The van der Waals surface area contributed by atoms with Crippen molar-refractivity contribution >= 4 is 10.2 Å². The summed E-state index contributed by atoms with van der Waals surface area (Å²) in [5.41, 5.74) is 4.89. The standard InChI is InChI=1S/C9H23N3O3S/c1-9(2,3)11-16(13,14)12(6-5-10)7-8-15-4/h11H,5-8,10H2,1-4H3. The van der Waals surface area contributed by atoms with E-state index >= 15 is 0 Å². The smallest absolute Gasteiger partial charge is 0.280 e. The van der Waals surface area contributed by atoms with Crippen LogP contribution < -0.4 is 10.5 Å². The molecule has 16 heavy (non-hydrogen) atoms. The summed E-state index contributed by atoms with van der Waals surface area (Å²) in [6.45, 7) is 6.61. The first-order chi connectivity index (χ1) is 7.23. The van der Waals surface area contributed by atoms with Crippen molar-refractivity contribution in [3.63, 3.8) is 0 Å². The molecule has 0 heterocycles. The minimum absolute atomic E-state index is 0.286. The highest BCUT2D eigenvalue weighted by Crippen LogP contribution is 2.06. The van der Waals surface area contributed by atoms with E-state index < -0.39 is 15.7 Å². The van der Waals surface area contributed by atoms with Crippen molar-refractivity contribution < 1.29 is 13.2 Å². The van der Waals surface area contributed by atoms with E-state index in [0.717, 1.165) is 0 Å². The Labute approximate surface area is 98.3 Å². The average Bonchev–Trinajstić information content (AvgIpc) is 2.07. The van der Waals surface area contributed by atoms with Gasteiger partial charge in [0, 0.05) is 32.3 Å². The summed E-state index contributed by atoms with van der Waals surface area (Å²) in [7, 11) is -1.96. The van der Waals surface area contributed by atoms with Crippen LogP contribution in [0.4, 0.5) is 0 Å². The fraction of sp³-hybridized carbons (Fsp3) is 1.00. The molecule has 0 aliphatic rings. The van der Waals surface area contributed by atoms with Gasteiger partial charge in [0.15, 0.2) is 0 Å². The molecule has 98 valence electrons. The Bertz CT molecular complexity index is 285. The van der Waals surface area contributed by atoms with Gasteiger partial charge in [-0.3, -0.25) is 0 Å². The Morgan fingerprint density at radius 1 is 1.31 bits per heavy atom. The summed E-state index contributed by atoms with van der Waals surface area (Å²) in [4.78, 5) is 0. The first-order valence-corrected chi connectivity index (χ1v) is 6.65. The molecule has 0 aromatic rings. The number of nitrogens with one attached hydrogen (secondary N) is 1. The molecule has 0 unspecified atom stereocenters. The van der Waals surface area contributed by atoms with E-state index in [1.165, 1.54) is 11.4 Å². The summed E-state index contributed by atoms with van der Waals surface area (Å²) in [5.74, 6) is 0. The fourth-order valence-electron chi connectivity index (χ4n) is 1.14. The normalized spacial score (nSPS) is 13.4. The molecule has 0 aromatic heterocycles. The van der Waals surface area contributed by atoms with E-state index in [4.69, 9.17) is 10.5 Å². The maximum Gasteiger partial charge on any atom is 0.280 e. The van der Waals surface area contributed by atoms with Gasteiger partial charge in [0.05, 0.1) is 6.61 Å². The van der Waals surface area contributed by atoms with Crippen LogP contribution in [0.25, 0.3) is 0 Å². The molecule has 0 atom stereocenters. The van der Waals surface area contributed by atoms with Gasteiger partial charge in [0.2, 0.25) is 0 Å². The Morgan fingerprint density at radius 2 is 1.88 bits per heavy atom. The van der Waals surface area contributed by atoms with Gasteiger partial charge in [0.1, 0.15) is 0 Å². The predicted octanol–water partition coefficient (Wildman–Crippen LogP) is -0.474. The lowest BCUT2D eigenvalue weighted by atomic mass is 10.1. The van der Waals surface area contributed by atoms with Crippen LogP contribution in [0.2, 0.25) is 0 Å². The van der Waals surface area contributed by atoms with Crippen molar-refractivity contribution in [1.82, 2.24) is 9.03 Å². The largest absolute Gasteiger partial charge is 0.383 e. The molecule has 3 N–H and O–H groups in total. The van der Waals surface area contributed by atoms with E-state index in [9.17, 15) is 8.42 Å². The second-order valence-electron chi connectivity index (χ2n) is 4.54. The quantitative estimate of drug-likeness (QED) is 0.642. The zero-order chi connectivity index (χ0) is 12.8. The van der Waals surface area contributed by atoms with Crippen LogP contribution >= 0.6 is 0 Å². The Kier molecular flexibility index (Phi) is 6.42. The molecular weight excluding hydrogens is 230 g/mol. The minimum Gasteiger partial charge on any atom is -0.383 e. The molecule has 0 saturated carbocycles. The Morgan fingerprint density at radius 3 is 2.25 bits per heavy atom. The number of ether oxygens (including phenoxy) is 1. The molecule has 0 aliphatic carbocycles. The van der Waals surface area contributed by atoms with Crippen molar-refractivity contribution in [2.75, 3.05) is 33.4 Å². The molecule has 6 nitrogen and oxygen atoms in total. The number of hydrogen-bond acceptors (Lipinski definition) is 4. The number of nitrogens with zero attached hydrogens (tertiary/aromatic N) is 1. The first-order valence-electron chi connectivity index (χ1n) is 5.21. The van der Waals surface area contributed by atoms with E-state index in [1.807, 2.05) is 0 Å². The van der Waals surface area contributed by atoms with Crippen LogP contribution in [0.5, 0.6) is 0 Å². The minimum atomic E-state index is -3.49. The van der Waals surface area contributed by atoms with Gasteiger partial charge in [-0.15, -0.1) is 0 Å². The van der Waals surface area contributed by atoms with Crippen LogP contribution in [-0.2, 0) is 14.9 Å². The number of rotatable bonds is 7. The maximum absolute atomic E-state index is 11.9. The highest BCUT2D eigenvalue weighted by atomic mass is 32.2. The van der Waals surface area contributed by atoms with E-state index in [-0.39, 0.29) is 13.1 Å². The van der Waals surface area contributed by atoms with Gasteiger partial charge in [-0.2, -0.15) is 17.4 Å². The molecular formula is C9H23N3O3S.